The number of nitrogen functional groups attached to an aromatic ring is 1. The average Bonchev–Trinajstić information content (AvgIpc) is 3.28. The van der Waals surface area contributed by atoms with Gasteiger partial charge in [0.1, 0.15) is 6.04 Å². The van der Waals surface area contributed by atoms with Crippen LogP contribution in [0, 0.1) is 0 Å². The normalized spacial score (nSPS) is 20.9. The molecule has 0 bridgehead atoms. The molecule has 4 N–H and O–H groups in total. The Morgan fingerprint density at radius 3 is 2.22 bits per heavy atom. The zero-order valence-corrected chi connectivity index (χ0v) is 31.9. The number of piperidine rings is 2. The number of urea groups is 1. The number of carbonyl (C=O) groups is 4. The van der Waals surface area contributed by atoms with E-state index in [9.17, 15) is 19.2 Å². The predicted octanol–water partition coefficient (Wildman–Crippen LogP) is 3.64. The van der Waals surface area contributed by atoms with E-state index in [0.29, 0.717) is 58.7 Å². The van der Waals surface area contributed by atoms with Crippen molar-refractivity contribution in [2.75, 3.05) is 83.5 Å². The van der Waals surface area contributed by atoms with Gasteiger partial charge in [0.15, 0.2) is 5.78 Å². The molecule has 3 saturated heterocycles. The number of nitrogens with two attached hydrogens (primary N) is 1. The van der Waals surface area contributed by atoms with Gasteiger partial charge in [-0.25, -0.2) is 4.79 Å². The molecule has 14 heteroatoms. The van der Waals surface area contributed by atoms with Gasteiger partial charge in [0, 0.05) is 84.5 Å². The number of ketones is 1. The molecule has 270 valence electrons. The Balaban J connectivity index is 1.08. The summed E-state index contributed by atoms with van der Waals surface area (Å²) in [7, 11) is 2.17. The summed E-state index contributed by atoms with van der Waals surface area (Å²) in [5, 5.41) is 5.99. The van der Waals surface area contributed by atoms with Crippen molar-refractivity contribution >= 4 is 66.9 Å². The minimum absolute atomic E-state index is 0.0132. The maximum Gasteiger partial charge on any atom is 0.322 e. The quantitative estimate of drug-likeness (QED) is 0.258. The highest BCUT2D eigenvalue weighted by Gasteiger charge is 2.35. The molecule has 3 fully saturated rings. The van der Waals surface area contributed by atoms with Gasteiger partial charge in [-0.2, -0.15) is 0 Å². The molecule has 50 heavy (non-hydrogen) atoms. The van der Waals surface area contributed by atoms with E-state index in [1.54, 1.807) is 17.0 Å². The number of benzene rings is 2. The molecule has 0 saturated carbocycles. The Morgan fingerprint density at radius 2 is 1.54 bits per heavy atom. The fourth-order valence-corrected chi connectivity index (χ4v) is 8.88. The Morgan fingerprint density at radius 1 is 0.900 bits per heavy atom. The number of nitrogens with one attached hydrogen (secondary N) is 2. The number of Topliss-reactive ketones (excluding diaryl/α,β-unsaturated/α-hetero) is 1. The molecule has 4 aliphatic rings. The molecule has 1 atom stereocenters. The molecule has 0 aliphatic carbocycles. The van der Waals surface area contributed by atoms with Crippen LogP contribution in [-0.4, -0.2) is 139 Å². The van der Waals surface area contributed by atoms with Gasteiger partial charge in [-0.15, -0.1) is 0 Å². The number of anilines is 2. The second-order valence-electron chi connectivity index (χ2n) is 14.0. The smallest absolute Gasteiger partial charge is 0.322 e. The molecular weight excluding hydrogens is 768 g/mol. The molecule has 2 aromatic rings. The third kappa shape index (κ3) is 8.87. The molecule has 0 radical (unpaired) electrons. The molecule has 0 unspecified atom stereocenters. The van der Waals surface area contributed by atoms with Gasteiger partial charge in [-0.1, -0.05) is 18.2 Å². The highest BCUT2D eigenvalue weighted by molar-refractivity contribution is 9.11. The summed E-state index contributed by atoms with van der Waals surface area (Å²) in [5.74, 6) is -0.815. The van der Waals surface area contributed by atoms with Gasteiger partial charge in [0.05, 0.1) is 12.2 Å². The molecule has 0 spiro atoms. The van der Waals surface area contributed by atoms with Crippen molar-refractivity contribution in [2.45, 2.75) is 56.7 Å². The van der Waals surface area contributed by atoms with E-state index >= 15 is 0 Å². The number of hydrogen-bond donors (Lipinski definition) is 3. The van der Waals surface area contributed by atoms with Gasteiger partial charge in [-0.05, 0) is 108 Å². The first-order chi connectivity index (χ1) is 24.0. The minimum Gasteiger partial charge on any atom is -0.397 e. The van der Waals surface area contributed by atoms with Crippen LogP contribution in [0.5, 0.6) is 0 Å². The van der Waals surface area contributed by atoms with Crippen molar-refractivity contribution in [3.8, 4) is 0 Å². The van der Waals surface area contributed by atoms with E-state index in [-0.39, 0.29) is 42.6 Å². The molecule has 4 heterocycles. The summed E-state index contributed by atoms with van der Waals surface area (Å²) in [6.07, 6.45) is 4.16. The van der Waals surface area contributed by atoms with Crippen molar-refractivity contribution in [3.63, 3.8) is 0 Å². The molecule has 0 aromatic heterocycles. The number of likely N-dealkylation sites (tertiary alicyclic amines) is 2. The van der Waals surface area contributed by atoms with Gasteiger partial charge < -0.3 is 31.1 Å². The number of carbonyl (C=O) groups excluding carboxylic acids is 4. The monoisotopic (exact) mass is 814 g/mol. The summed E-state index contributed by atoms with van der Waals surface area (Å²) in [6, 6.07) is 10.6. The predicted molar refractivity (Wildman–Crippen MR) is 201 cm³/mol. The molecule has 4 amide bonds. The lowest BCUT2D eigenvalue weighted by atomic mass is 9.99. The maximum absolute atomic E-state index is 14.1. The van der Waals surface area contributed by atoms with E-state index in [1.807, 2.05) is 29.2 Å². The third-order valence-corrected chi connectivity index (χ3v) is 12.1. The summed E-state index contributed by atoms with van der Waals surface area (Å²) >= 11 is 6.82. The summed E-state index contributed by atoms with van der Waals surface area (Å²) in [5.41, 5.74) is 8.87. The van der Waals surface area contributed by atoms with Gasteiger partial charge in [-0.3, -0.25) is 24.2 Å². The number of fused-ring (bicyclic) bond motifs is 1. The first kappa shape index (κ1) is 36.7. The average molecular weight is 817 g/mol. The van der Waals surface area contributed by atoms with Crippen LogP contribution in [0.2, 0.25) is 0 Å². The Hall–Kier alpha value is -3.04. The van der Waals surface area contributed by atoms with Gasteiger partial charge in [0.25, 0.3) is 0 Å². The van der Waals surface area contributed by atoms with Crippen molar-refractivity contribution in [1.82, 2.24) is 29.8 Å². The van der Waals surface area contributed by atoms with E-state index in [4.69, 9.17) is 5.73 Å². The molecular formula is C36H48Br2N8O4. The van der Waals surface area contributed by atoms with Gasteiger partial charge >= 0.3 is 6.03 Å². The highest BCUT2D eigenvalue weighted by atomic mass is 79.9. The lowest BCUT2D eigenvalue weighted by Gasteiger charge is -2.42. The highest BCUT2D eigenvalue weighted by Crippen LogP contribution is 2.31. The zero-order valence-electron chi connectivity index (χ0n) is 28.7. The first-order valence-corrected chi connectivity index (χ1v) is 19.3. The Bertz CT molecular complexity index is 1550. The van der Waals surface area contributed by atoms with Crippen LogP contribution in [-0.2, 0) is 16.0 Å². The summed E-state index contributed by atoms with van der Waals surface area (Å²) in [4.78, 5) is 65.0. The van der Waals surface area contributed by atoms with Crippen molar-refractivity contribution < 1.29 is 19.2 Å². The SMILES string of the molecule is CN1CCC(N2CCN(CC(=O)N[C@H](CC(=O)c3cc(Br)c(N)c(Br)c3)C(=O)N3CCC(N4CCc5ccccc5NC4=O)CC3)CC2)CC1. The zero-order chi connectivity index (χ0) is 35.4. The Kier molecular flexibility index (Phi) is 12.1. The van der Waals surface area contributed by atoms with Crippen molar-refractivity contribution in [2.24, 2.45) is 0 Å². The van der Waals surface area contributed by atoms with Crippen LogP contribution in [0.25, 0.3) is 0 Å². The van der Waals surface area contributed by atoms with E-state index in [1.165, 1.54) is 12.8 Å². The Labute approximate surface area is 311 Å². The number of rotatable bonds is 9. The van der Waals surface area contributed by atoms with Crippen LogP contribution in [0.1, 0.15) is 48.0 Å². The van der Waals surface area contributed by atoms with Crippen LogP contribution in [0.4, 0.5) is 16.2 Å². The number of piperazine rings is 1. The number of para-hydroxylation sites is 1. The fourth-order valence-electron chi connectivity index (χ4n) is 7.69. The molecule has 12 nitrogen and oxygen atoms in total. The molecule has 6 rings (SSSR count). The van der Waals surface area contributed by atoms with Crippen LogP contribution in [0.3, 0.4) is 0 Å². The van der Waals surface area contributed by atoms with E-state index in [0.717, 1.165) is 56.9 Å². The van der Waals surface area contributed by atoms with E-state index < -0.39 is 6.04 Å². The van der Waals surface area contributed by atoms with E-state index in [2.05, 4.69) is 64.2 Å². The number of amides is 4. The van der Waals surface area contributed by atoms with Gasteiger partial charge in [0.2, 0.25) is 11.8 Å². The van der Waals surface area contributed by atoms with Crippen molar-refractivity contribution in [1.29, 1.82) is 0 Å². The largest absolute Gasteiger partial charge is 0.397 e. The third-order valence-electron chi connectivity index (χ3n) is 10.8. The number of halogens is 2. The lowest BCUT2D eigenvalue weighted by Crippen LogP contribution is -2.57. The van der Waals surface area contributed by atoms with Crippen LogP contribution < -0.4 is 16.4 Å². The summed E-state index contributed by atoms with van der Waals surface area (Å²) in [6.45, 7) is 7.27. The lowest BCUT2D eigenvalue weighted by molar-refractivity contribution is -0.138. The van der Waals surface area contributed by atoms with Crippen molar-refractivity contribution in [3.05, 3.63) is 56.5 Å². The minimum atomic E-state index is -1.02. The second-order valence-corrected chi connectivity index (χ2v) is 15.7. The standard InChI is InChI=1S/C36H48Br2N8O4/c1-42-11-7-26(8-12-42)44-18-16-43(17-19-44)23-33(48)40-31(22-32(47)25-20-28(37)34(39)29(38)21-25)35(49)45-13-9-27(10-14-45)46-15-6-24-4-2-3-5-30(24)41-36(46)50/h2-5,20-21,26-27,31H,6-19,22-23,39H2,1H3,(H,40,48)(H,41,50)/t31-/m1/s1. The van der Waals surface area contributed by atoms with Crippen LogP contribution in [0.15, 0.2) is 45.3 Å². The molecule has 4 aliphatic heterocycles. The topological polar surface area (TPSA) is 135 Å². The second kappa shape index (κ2) is 16.5. The molecule has 2 aromatic carbocycles. The maximum atomic E-state index is 14.1. The number of nitrogens with zero attached hydrogens (tertiary/aromatic N) is 5. The summed E-state index contributed by atoms with van der Waals surface area (Å²) < 4.78 is 1.15. The number of hydrogen-bond acceptors (Lipinski definition) is 8. The first-order valence-electron chi connectivity index (χ1n) is 17.7. The van der Waals surface area contributed by atoms with Crippen LogP contribution >= 0.6 is 31.9 Å². The fraction of sp³-hybridized carbons (Fsp3) is 0.556.